The number of nitrogens with one attached hydrogen (secondary N) is 1. The van der Waals surface area contributed by atoms with E-state index in [4.69, 9.17) is 9.84 Å². The lowest BCUT2D eigenvalue weighted by molar-refractivity contribution is -0.146. The van der Waals surface area contributed by atoms with Gasteiger partial charge in [0.15, 0.2) is 0 Å². The Morgan fingerprint density at radius 1 is 1.47 bits per heavy atom. The summed E-state index contributed by atoms with van der Waals surface area (Å²) in [4.78, 5) is 22.1. The summed E-state index contributed by atoms with van der Waals surface area (Å²) in [5.41, 5.74) is -1.21. The first-order valence-electron chi connectivity index (χ1n) is 4.86. The maximum Gasteiger partial charge on any atom is 0.328 e. The van der Waals surface area contributed by atoms with Gasteiger partial charge in [-0.3, -0.25) is 4.79 Å². The molecule has 0 saturated carbocycles. The second-order valence-corrected chi connectivity index (χ2v) is 4.06. The Labute approximate surface area is 89.8 Å². The molecule has 88 valence electrons. The van der Waals surface area contributed by atoms with Gasteiger partial charge >= 0.3 is 5.97 Å². The zero-order valence-electron chi connectivity index (χ0n) is 9.66. The lowest BCUT2D eigenvalue weighted by Gasteiger charge is -2.21. The van der Waals surface area contributed by atoms with Crippen LogP contribution in [0.1, 0.15) is 33.6 Å². The van der Waals surface area contributed by atoms with Gasteiger partial charge in [-0.1, -0.05) is 0 Å². The molecule has 0 bridgehead atoms. The molecular formula is C10H19NO4. The van der Waals surface area contributed by atoms with E-state index in [9.17, 15) is 9.59 Å². The van der Waals surface area contributed by atoms with Gasteiger partial charge in [-0.2, -0.15) is 0 Å². The molecule has 1 amide bonds. The van der Waals surface area contributed by atoms with Crippen molar-refractivity contribution in [3.8, 4) is 0 Å². The number of methoxy groups -OCH3 is 1. The van der Waals surface area contributed by atoms with Crippen LogP contribution in [-0.2, 0) is 14.3 Å². The Hall–Kier alpha value is -1.10. The van der Waals surface area contributed by atoms with Crippen molar-refractivity contribution in [2.75, 3.05) is 7.11 Å². The molecule has 1 atom stereocenters. The molecule has 0 aliphatic heterocycles. The molecule has 0 saturated heterocycles. The summed E-state index contributed by atoms with van der Waals surface area (Å²) in [5, 5.41) is 11.2. The topological polar surface area (TPSA) is 75.6 Å². The average molecular weight is 217 g/mol. The first-order chi connectivity index (χ1) is 6.79. The number of carbonyl (C=O) groups excluding carboxylic acids is 1. The molecule has 0 aromatic carbocycles. The molecule has 2 N–H and O–H groups in total. The number of amides is 1. The summed E-state index contributed by atoms with van der Waals surface area (Å²) < 4.78 is 4.98. The Balaban J connectivity index is 3.99. The SMILES string of the molecule is COC(C)CCC(=O)NC(C)(C)C(=O)O. The third-order valence-corrected chi connectivity index (χ3v) is 2.17. The van der Waals surface area contributed by atoms with E-state index < -0.39 is 11.5 Å². The molecule has 5 nitrogen and oxygen atoms in total. The molecule has 0 aliphatic rings. The first-order valence-corrected chi connectivity index (χ1v) is 4.86. The highest BCUT2D eigenvalue weighted by molar-refractivity contribution is 5.86. The van der Waals surface area contributed by atoms with Crippen molar-refractivity contribution >= 4 is 11.9 Å². The molecule has 0 aromatic rings. The standard InChI is InChI=1S/C10H19NO4/c1-7(15-4)5-6-8(12)11-10(2,3)9(13)14/h7H,5-6H2,1-4H3,(H,11,12)(H,13,14). The predicted octanol–water partition coefficient (Wildman–Crippen LogP) is 0.781. The maximum absolute atomic E-state index is 11.4. The van der Waals surface area contributed by atoms with Gasteiger partial charge in [0, 0.05) is 13.5 Å². The van der Waals surface area contributed by atoms with Crippen LogP contribution in [0.15, 0.2) is 0 Å². The number of ether oxygens (including phenoxy) is 1. The van der Waals surface area contributed by atoms with Gasteiger partial charge in [-0.25, -0.2) is 4.79 Å². The molecule has 0 aliphatic carbocycles. The fourth-order valence-electron chi connectivity index (χ4n) is 0.917. The van der Waals surface area contributed by atoms with Crippen LogP contribution in [0.5, 0.6) is 0 Å². The minimum Gasteiger partial charge on any atom is -0.480 e. The van der Waals surface area contributed by atoms with Crippen molar-refractivity contribution in [1.82, 2.24) is 5.32 Å². The largest absolute Gasteiger partial charge is 0.480 e. The molecule has 0 aromatic heterocycles. The van der Waals surface area contributed by atoms with Gasteiger partial charge in [-0.15, -0.1) is 0 Å². The number of hydrogen-bond donors (Lipinski definition) is 2. The zero-order chi connectivity index (χ0) is 12.1. The van der Waals surface area contributed by atoms with Gasteiger partial charge in [0.25, 0.3) is 0 Å². The van der Waals surface area contributed by atoms with E-state index in [2.05, 4.69) is 5.32 Å². The number of carboxylic acid groups (broad SMARTS) is 1. The van der Waals surface area contributed by atoms with E-state index in [1.165, 1.54) is 13.8 Å². The van der Waals surface area contributed by atoms with Crippen LogP contribution < -0.4 is 5.32 Å². The Bertz CT molecular complexity index is 238. The summed E-state index contributed by atoms with van der Waals surface area (Å²) in [5.74, 6) is -1.32. The first kappa shape index (κ1) is 13.9. The normalized spacial score (nSPS) is 13.3. The second-order valence-electron chi connectivity index (χ2n) is 4.06. The van der Waals surface area contributed by atoms with Gasteiger partial charge in [0.1, 0.15) is 5.54 Å². The molecule has 0 rings (SSSR count). The van der Waals surface area contributed by atoms with Crippen LogP contribution >= 0.6 is 0 Å². The molecular weight excluding hydrogens is 198 g/mol. The fourth-order valence-corrected chi connectivity index (χ4v) is 0.917. The van der Waals surface area contributed by atoms with Crippen LogP contribution in [0.4, 0.5) is 0 Å². The van der Waals surface area contributed by atoms with E-state index in [1.54, 1.807) is 7.11 Å². The quantitative estimate of drug-likeness (QED) is 0.689. The monoisotopic (exact) mass is 217 g/mol. The molecule has 0 fully saturated rings. The van der Waals surface area contributed by atoms with E-state index in [0.717, 1.165) is 0 Å². The Morgan fingerprint density at radius 2 is 2.00 bits per heavy atom. The third-order valence-electron chi connectivity index (χ3n) is 2.17. The predicted molar refractivity (Wildman–Crippen MR) is 55.6 cm³/mol. The van der Waals surface area contributed by atoms with Gasteiger partial charge in [-0.05, 0) is 27.2 Å². The van der Waals surface area contributed by atoms with E-state index >= 15 is 0 Å². The summed E-state index contributed by atoms with van der Waals surface area (Å²) >= 11 is 0. The minimum absolute atomic E-state index is 0.00342. The molecule has 0 spiro atoms. The highest BCUT2D eigenvalue weighted by atomic mass is 16.5. The maximum atomic E-state index is 11.4. The van der Waals surface area contributed by atoms with Crippen LogP contribution in [-0.4, -0.2) is 35.7 Å². The van der Waals surface area contributed by atoms with E-state index in [1.807, 2.05) is 6.92 Å². The zero-order valence-corrected chi connectivity index (χ0v) is 9.66. The van der Waals surface area contributed by atoms with Crippen LogP contribution in [0, 0.1) is 0 Å². The lowest BCUT2D eigenvalue weighted by atomic mass is 10.1. The molecule has 15 heavy (non-hydrogen) atoms. The van der Waals surface area contributed by atoms with Gasteiger partial charge < -0.3 is 15.2 Å². The van der Waals surface area contributed by atoms with Crippen molar-refractivity contribution in [2.45, 2.75) is 45.3 Å². The van der Waals surface area contributed by atoms with Gasteiger partial charge in [0.05, 0.1) is 6.10 Å². The number of rotatable bonds is 6. The summed E-state index contributed by atoms with van der Waals surface area (Å²) in [6.45, 7) is 4.76. The number of carbonyl (C=O) groups is 2. The number of hydrogen-bond acceptors (Lipinski definition) is 3. The number of aliphatic carboxylic acids is 1. The summed E-state index contributed by atoms with van der Waals surface area (Å²) in [6, 6.07) is 0. The van der Waals surface area contributed by atoms with Crippen LogP contribution in [0.25, 0.3) is 0 Å². The summed E-state index contributed by atoms with van der Waals surface area (Å²) in [7, 11) is 1.57. The minimum atomic E-state index is -1.21. The summed E-state index contributed by atoms with van der Waals surface area (Å²) in [6.07, 6.45) is 0.854. The average Bonchev–Trinajstić information content (AvgIpc) is 2.13. The van der Waals surface area contributed by atoms with E-state index in [-0.39, 0.29) is 18.4 Å². The van der Waals surface area contributed by atoms with Crippen LogP contribution in [0.3, 0.4) is 0 Å². The number of carboxylic acids is 1. The molecule has 0 radical (unpaired) electrons. The van der Waals surface area contributed by atoms with Crippen molar-refractivity contribution < 1.29 is 19.4 Å². The Kier molecular flexibility index (Phi) is 5.28. The third kappa shape index (κ3) is 5.37. The molecule has 0 heterocycles. The second kappa shape index (κ2) is 5.70. The van der Waals surface area contributed by atoms with Crippen molar-refractivity contribution in [3.63, 3.8) is 0 Å². The lowest BCUT2D eigenvalue weighted by Crippen LogP contribution is -2.49. The van der Waals surface area contributed by atoms with E-state index in [0.29, 0.717) is 6.42 Å². The highest BCUT2D eigenvalue weighted by Gasteiger charge is 2.28. The van der Waals surface area contributed by atoms with Crippen LogP contribution in [0.2, 0.25) is 0 Å². The van der Waals surface area contributed by atoms with Crippen molar-refractivity contribution in [1.29, 1.82) is 0 Å². The van der Waals surface area contributed by atoms with Gasteiger partial charge in [0.2, 0.25) is 5.91 Å². The Morgan fingerprint density at radius 3 is 2.40 bits per heavy atom. The molecule has 5 heteroatoms. The highest BCUT2D eigenvalue weighted by Crippen LogP contribution is 2.05. The smallest absolute Gasteiger partial charge is 0.328 e. The fraction of sp³-hybridized carbons (Fsp3) is 0.800. The van der Waals surface area contributed by atoms with Crippen molar-refractivity contribution in [2.24, 2.45) is 0 Å². The van der Waals surface area contributed by atoms with Crippen molar-refractivity contribution in [3.05, 3.63) is 0 Å². The molecule has 1 unspecified atom stereocenters.